The number of rotatable bonds is 3. The van der Waals surface area contributed by atoms with Crippen molar-refractivity contribution in [2.75, 3.05) is 31.9 Å². The molecule has 106 valence electrons. The van der Waals surface area contributed by atoms with Crippen LogP contribution in [-0.2, 0) is 6.54 Å². The molecule has 0 spiro atoms. The van der Waals surface area contributed by atoms with Crippen LogP contribution in [0.4, 0.5) is 5.69 Å². The maximum atomic E-state index is 12.6. The maximum Gasteiger partial charge on any atom is 0.274 e. The summed E-state index contributed by atoms with van der Waals surface area (Å²) >= 11 is 0. The van der Waals surface area contributed by atoms with Crippen LogP contribution in [0.5, 0.6) is 0 Å². The minimum absolute atomic E-state index is 0.000506. The summed E-state index contributed by atoms with van der Waals surface area (Å²) in [7, 11) is 0. The standard InChI is InChI=1S/C13H23N5O/c1-4-16-6-7-17(9-10(16)3)13(19)12-11(14)8-15-18(12)5-2/h8,10H,4-7,9,14H2,1-3H3. The zero-order valence-electron chi connectivity index (χ0n) is 12.0. The van der Waals surface area contributed by atoms with Gasteiger partial charge in [-0.2, -0.15) is 5.10 Å². The van der Waals surface area contributed by atoms with Crippen molar-refractivity contribution in [3.63, 3.8) is 0 Å². The lowest BCUT2D eigenvalue weighted by Gasteiger charge is -2.39. The molecule has 1 amide bonds. The molecule has 1 saturated heterocycles. The third kappa shape index (κ3) is 2.58. The van der Waals surface area contributed by atoms with Crippen LogP contribution in [0.25, 0.3) is 0 Å². The van der Waals surface area contributed by atoms with Crippen LogP contribution in [0.1, 0.15) is 31.3 Å². The lowest BCUT2D eigenvalue weighted by atomic mass is 10.1. The maximum absolute atomic E-state index is 12.6. The SMILES string of the molecule is CCN1CCN(C(=O)c2c(N)cnn2CC)CC1C. The third-order valence-corrected chi connectivity index (χ3v) is 3.83. The smallest absolute Gasteiger partial charge is 0.274 e. The Balaban J connectivity index is 2.14. The van der Waals surface area contributed by atoms with E-state index in [1.165, 1.54) is 0 Å². The van der Waals surface area contributed by atoms with Crippen molar-refractivity contribution in [2.24, 2.45) is 0 Å². The number of piperazine rings is 1. The number of nitrogens with zero attached hydrogens (tertiary/aromatic N) is 4. The van der Waals surface area contributed by atoms with Crippen molar-refractivity contribution in [1.82, 2.24) is 19.6 Å². The van der Waals surface area contributed by atoms with Crippen LogP contribution in [0.3, 0.4) is 0 Å². The molecule has 1 aromatic heterocycles. The quantitative estimate of drug-likeness (QED) is 0.871. The largest absolute Gasteiger partial charge is 0.396 e. The molecule has 0 saturated carbocycles. The average molecular weight is 265 g/mol. The Bertz CT molecular complexity index is 456. The highest BCUT2D eigenvalue weighted by Crippen LogP contribution is 2.17. The van der Waals surface area contributed by atoms with E-state index in [1.807, 2.05) is 11.8 Å². The predicted molar refractivity (Wildman–Crippen MR) is 74.9 cm³/mol. The molecule has 6 nitrogen and oxygen atoms in total. The Morgan fingerprint density at radius 3 is 2.74 bits per heavy atom. The van der Waals surface area contributed by atoms with E-state index in [2.05, 4.69) is 23.8 Å². The number of hydrogen-bond donors (Lipinski definition) is 1. The molecule has 0 radical (unpaired) electrons. The van der Waals surface area contributed by atoms with Crippen LogP contribution < -0.4 is 5.73 Å². The van der Waals surface area contributed by atoms with E-state index in [-0.39, 0.29) is 5.91 Å². The third-order valence-electron chi connectivity index (χ3n) is 3.83. The number of hydrogen-bond acceptors (Lipinski definition) is 4. The number of anilines is 1. The topological polar surface area (TPSA) is 67.4 Å². The first-order chi connectivity index (χ1) is 9.08. The zero-order chi connectivity index (χ0) is 14.0. The van der Waals surface area contributed by atoms with E-state index in [0.29, 0.717) is 24.0 Å². The van der Waals surface area contributed by atoms with Crippen molar-refractivity contribution in [1.29, 1.82) is 0 Å². The lowest BCUT2D eigenvalue weighted by Crippen LogP contribution is -2.53. The first kappa shape index (κ1) is 13.9. The van der Waals surface area contributed by atoms with E-state index in [4.69, 9.17) is 5.73 Å². The monoisotopic (exact) mass is 265 g/mol. The van der Waals surface area contributed by atoms with Gasteiger partial charge in [-0.15, -0.1) is 0 Å². The summed E-state index contributed by atoms with van der Waals surface area (Å²) < 4.78 is 1.68. The average Bonchev–Trinajstić information content (AvgIpc) is 2.78. The number of nitrogen functional groups attached to an aromatic ring is 1. The number of carbonyl (C=O) groups is 1. The van der Waals surface area contributed by atoms with Gasteiger partial charge in [0.1, 0.15) is 5.69 Å². The van der Waals surface area contributed by atoms with Crippen LogP contribution in [0.15, 0.2) is 6.20 Å². The summed E-state index contributed by atoms with van der Waals surface area (Å²) in [5, 5.41) is 4.13. The predicted octanol–water partition coefficient (Wildman–Crippen LogP) is 0.651. The van der Waals surface area contributed by atoms with Gasteiger partial charge in [0.2, 0.25) is 0 Å². The van der Waals surface area contributed by atoms with E-state index in [1.54, 1.807) is 10.9 Å². The van der Waals surface area contributed by atoms with Gasteiger partial charge in [0, 0.05) is 32.2 Å². The molecule has 1 aromatic rings. The van der Waals surface area contributed by atoms with Gasteiger partial charge in [0.25, 0.3) is 5.91 Å². The number of aromatic nitrogens is 2. The molecule has 1 aliphatic heterocycles. The minimum atomic E-state index is -0.000506. The molecule has 2 heterocycles. The molecular weight excluding hydrogens is 242 g/mol. The molecule has 1 unspecified atom stereocenters. The Morgan fingerprint density at radius 1 is 1.42 bits per heavy atom. The van der Waals surface area contributed by atoms with Crippen molar-refractivity contribution < 1.29 is 4.79 Å². The molecule has 1 atom stereocenters. The molecule has 6 heteroatoms. The lowest BCUT2D eigenvalue weighted by molar-refractivity contribution is 0.0518. The van der Waals surface area contributed by atoms with Crippen molar-refractivity contribution in [3.8, 4) is 0 Å². The Kier molecular flexibility index (Phi) is 4.09. The van der Waals surface area contributed by atoms with Crippen molar-refractivity contribution in [2.45, 2.75) is 33.4 Å². The van der Waals surface area contributed by atoms with E-state index in [0.717, 1.165) is 26.2 Å². The highest BCUT2D eigenvalue weighted by atomic mass is 16.2. The molecule has 0 aliphatic carbocycles. The summed E-state index contributed by atoms with van der Waals surface area (Å²) in [6, 6.07) is 0.391. The number of nitrogens with two attached hydrogens (primary N) is 1. The van der Waals surface area contributed by atoms with Gasteiger partial charge in [-0.05, 0) is 20.4 Å². The van der Waals surface area contributed by atoms with Crippen LogP contribution >= 0.6 is 0 Å². The van der Waals surface area contributed by atoms with Crippen molar-refractivity contribution in [3.05, 3.63) is 11.9 Å². The highest BCUT2D eigenvalue weighted by Gasteiger charge is 2.29. The van der Waals surface area contributed by atoms with E-state index >= 15 is 0 Å². The number of likely N-dealkylation sites (N-methyl/N-ethyl adjacent to an activating group) is 1. The molecule has 2 N–H and O–H groups in total. The summed E-state index contributed by atoms with van der Waals surface area (Å²) in [6.45, 7) is 10.4. The fraction of sp³-hybridized carbons (Fsp3) is 0.692. The van der Waals surface area contributed by atoms with Crippen molar-refractivity contribution >= 4 is 11.6 Å². The van der Waals surface area contributed by atoms with Crippen LogP contribution in [-0.4, -0.2) is 57.7 Å². The van der Waals surface area contributed by atoms with E-state index < -0.39 is 0 Å². The molecule has 1 fully saturated rings. The van der Waals surface area contributed by atoms with Gasteiger partial charge in [-0.3, -0.25) is 14.4 Å². The number of carbonyl (C=O) groups excluding carboxylic acids is 1. The molecule has 1 aliphatic rings. The Morgan fingerprint density at radius 2 is 2.16 bits per heavy atom. The second-order valence-corrected chi connectivity index (χ2v) is 4.99. The molecule has 19 heavy (non-hydrogen) atoms. The molecule has 0 aromatic carbocycles. The Labute approximate surface area is 114 Å². The summed E-state index contributed by atoms with van der Waals surface area (Å²) in [4.78, 5) is 16.8. The van der Waals surface area contributed by atoms with Gasteiger partial charge >= 0.3 is 0 Å². The first-order valence-corrected chi connectivity index (χ1v) is 6.93. The Hall–Kier alpha value is -1.56. The van der Waals surface area contributed by atoms with Gasteiger partial charge in [-0.1, -0.05) is 6.92 Å². The number of amides is 1. The fourth-order valence-corrected chi connectivity index (χ4v) is 2.67. The zero-order valence-corrected chi connectivity index (χ0v) is 12.0. The van der Waals surface area contributed by atoms with E-state index in [9.17, 15) is 4.79 Å². The van der Waals surface area contributed by atoms with Crippen LogP contribution in [0.2, 0.25) is 0 Å². The first-order valence-electron chi connectivity index (χ1n) is 6.93. The normalized spacial score (nSPS) is 20.8. The molecular formula is C13H23N5O. The van der Waals surface area contributed by atoms with Gasteiger partial charge < -0.3 is 10.6 Å². The van der Waals surface area contributed by atoms with Gasteiger partial charge in [-0.25, -0.2) is 0 Å². The summed E-state index contributed by atoms with van der Waals surface area (Å²) in [5.41, 5.74) is 6.87. The minimum Gasteiger partial charge on any atom is -0.396 e. The van der Waals surface area contributed by atoms with Gasteiger partial charge in [0.05, 0.1) is 11.9 Å². The fourth-order valence-electron chi connectivity index (χ4n) is 2.67. The molecule has 0 bridgehead atoms. The van der Waals surface area contributed by atoms with Gasteiger partial charge in [0.15, 0.2) is 0 Å². The van der Waals surface area contributed by atoms with Crippen LogP contribution in [0, 0.1) is 0 Å². The second kappa shape index (κ2) is 5.61. The second-order valence-electron chi connectivity index (χ2n) is 4.99. The number of aryl methyl sites for hydroxylation is 1. The molecule has 2 rings (SSSR count). The summed E-state index contributed by atoms with van der Waals surface area (Å²) in [5.74, 6) is -0.000506. The highest BCUT2D eigenvalue weighted by molar-refractivity contribution is 5.97. The summed E-state index contributed by atoms with van der Waals surface area (Å²) in [6.07, 6.45) is 1.56.